The van der Waals surface area contributed by atoms with Crippen molar-refractivity contribution < 1.29 is 13.0 Å². The lowest BCUT2D eigenvalue weighted by Crippen LogP contribution is -2.05. The third-order valence-electron chi connectivity index (χ3n) is 2.24. The Kier molecular flexibility index (Phi) is 5.28. The van der Waals surface area contributed by atoms with Gasteiger partial charge in [-0.3, -0.25) is 4.55 Å². The Morgan fingerprint density at radius 3 is 2.20 bits per heavy atom. The van der Waals surface area contributed by atoms with E-state index in [1.54, 1.807) is 6.07 Å². The Morgan fingerprint density at radius 2 is 1.80 bits per heavy atom. The smallest absolute Gasteiger partial charge is 0.282 e. The largest absolute Gasteiger partial charge is 0.294 e. The average molecular weight is 251 g/mol. The van der Waals surface area contributed by atoms with Gasteiger partial charge in [-0.1, -0.05) is 26.0 Å². The summed E-state index contributed by atoms with van der Waals surface area (Å²) in [7, 11) is -4.08. The predicted molar refractivity (Wildman–Crippen MR) is 62.3 cm³/mol. The highest BCUT2D eigenvalue weighted by Gasteiger charge is 2.15. The fraction of sp³-hybridized carbons (Fsp3) is 0.400. The highest BCUT2D eigenvalue weighted by molar-refractivity contribution is 7.85. The topological polar surface area (TPSA) is 54.4 Å². The first-order valence-corrected chi connectivity index (χ1v) is 6.03. The molecule has 0 radical (unpaired) electrons. The molecule has 0 saturated heterocycles. The lowest BCUT2D eigenvalue weighted by molar-refractivity contribution is 0.482. The number of hydrogen-bond donors (Lipinski definition) is 1. The van der Waals surface area contributed by atoms with Crippen LogP contribution in [0.1, 0.15) is 25.0 Å². The van der Waals surface area contributed by atoms with Crippen molar-refractivity contribution in [1.82, 2.24) is 0 Å². The van der Waals surface area contributed by atoms with Gasteiger partial charge < -0.3 is 0 Å². The number of halogens is 1. The van der Waals surface area contributed by atoms with Gasteiger partial charge in [-0.15, -0.1) is 12.4 Å². The van der Waals surface area contributed by atoms with Gasteiger partial charge >= 0.3 is 0 Å². The van der Waals surface area contributed by atoms with Crippen LogP contribution in [0.25, 0.3) is 0 Å². The van der Waals surface area contributed by atoms with E-state index in [-0.39, 0.29) is 17.3 Å². The molecule has 1 aromatic rings. The fourth-order valence-corrected chi connectivity index (χ4v) is 2.42. The third-order valence-corrected chi connectivity index (χ3v) is 3.18. The van der Waals surface area contributed by atoms with Crippen LogP contribution in [0, 0.1) is 0 Å². The minimum Gasteiger partial charge on any atom is -0.282 e. The molecule has 0 bridgehead atoms. The lowest BCUT2D eigenvalue weighted by atomic mass is 10.0. The zero-order valence-corrected chi connectivity index (χ0v) is 10.4. The Balaban J connectivity index is 0.00000196. The summed E-state index contributed by atoms with van der Waals surface area (Å²) < 4.78 is 31.1. The molecule has 15 heavy (non-hydrogen) atoms. The molecule has 3 nitrogen and oxygen atoms in total. The van der Waals surface area contributed by atoms with Crippen LogP contribution in [0.2, 0.25) is 0 Å². The van der Waals surface area contributed by atoms with E-state index in [0.29, 0.717) is 6.42 Å². The second-order valence-electron chi connectivity index (χ2n) is 3.08. The van der Waals surface area contributed by atoms with Gasteiger partial charge in [0, 0.05) is 0 Å². The van der Waals surface area contributed by atoms with Crippen molar-refractivity contribution in [2.24, 2.45) is 0 Å². The molecule has 0 aliphatic carbocycles. The van der Waals surface area contributed by atoms with Gasteiger partial charge in [0.15, 0.2) is 0 Å². The van der Waals surface area contributed by atoms with Crippen LogP contribution in [0.15, 0.2) is 23.1 Å². The van der Waals surface area contributed by atoms with Crippen LogP contribution in [0.4, 0.5) is 0 Å². The summed E-state index contributed by atoms with van der Waals surface area (Å²) in [4.78, 5) is 0.0411. The van der Waals surface area contributed by atoms with E-state index in [9.17, 15) is 8.42 Å². The van der Waals surface area contributed by atoms with Gasteiger partial charge in [0.2, 0.25) is 0 Å². The summed E-state index contributed by atoms with van der Waals surface area (Å²) >= 11 is 0. The number of hydrogen-bond acceptors (Lipinski definition) is 2. The van der Waals surface area contributed by atoms with Gasteiger partial charge in [-0.25, -0.2) is 0 Å². The van der Waals surface area contributed by atoms with Crippen molar-refractivity contribution in [3.05, 3.63) is 29.3 Å². The summed E-state index contributed by atoms with van der Waals surface area (Å²) in [5, 5.41) is 0. The monoisotopic (exact) mass is 250 g/mol. The molecular formula is C10H15ClO3S. The molecule has 86 valence electrons. The van der Waals surface area contributed by atoms with Gasteiger partial charge in [-0.05, 0) is 30.0 Å². The maximum absolute atomic E-state index is 11.0. The first-order valence-electron chi connectivity index (χ1n) is 4.59. The van der Waals surface area contributed by atoms with Crippen molar-refractivity contribution in [3.63, 3.8) is 0 Å². The minimum atomic E-state index is -4.08. The molecule has 0 amide bonds. The van der Waals surface area contributed by atoms with Crippen LogP contribution in [-0.4, -0.2) is 13.0 Å². The number of rotatable bonds is 3. The Labute approximate surface area is 96.7 Å². The highest BCUT2D eigenvalue weighted by Crippen LogP contribution is 2.20. The quantitative estimate of drug-likeness (QED) is 0.839. The zero-order valence-electron chi connectivity index (χ0n) is 8.73. The van der Waals surface area contributed by atoms with E-state index < -0.39 is 10.1 Å². The van der Waals surface area contributed by atoms with E-state index in [1.165, 1.54) is 6.07 Å². The molecule has 0 spiro atoms. The first kappa shape index (κ1) is 14.4. The van der Waals surface area contributed by atoms with E-state index in [1.807, 2.05) is 19.9 Å². The molecule has 0 saturated carbocycles. The summed E-state index contributed by atoms with van der Waals surface area (Å²) in [5.41, 5.74) is 1.69. The molecule has 1 rings (SSSR count). The molecule has 0 aliphatic rings. The van der Waals surface area contributed by atoms with Crippen molar-refractivity contribution in [2.45, 2.75) is 31.6 Å². The summed E-state index contributed by atoms with van der Waals surface area (Å²) in [6, 6.07) is 4.97. The second kappa shape index (κ2) is 5.49. The average Bonchev–Trinajstić information content (AvgIpc) is 2.15. The van der Waals surface area contributed by atoms with Gasteiger partial charge in [0.05, 0.1) is 4.90 Å². The van der Waals surface area contributed by atoms with Gasteiger partial charge in [-0.2, -0.15) is 8.42 Å². The molecule has 0 atom stereocenters. The summed E-state index contributed by atoms with van der Waals surface area (Å²) in [5.74, 6) is 0. The minimum absolute atomic E-state index is 0. The van der Waals surface area contributed by atoms with E-state index in [4.69, 9.17) is 4.55 Å². The molecule has 0 unspecified atom stereocenters. The predicted octanol–water partition coefficient (Wildman–Crippen LogP) is 2.48. The van der Waals surface area contributed by atoms with Crippen LogP contribution in [-0.2, 0) is 23.0 Å². The normalized spacial score (nSPS) is 10.9. The molecule has 0 heterocycles. The van der Waals surface area contributed by atoms with E-state index in [2.05, 4.69) is 0 Å². The van der Waals surface area contributed by atoms with Crippen LogP contribution in [0.3, 0.4) is 0 Å². The maximum Gasteiger partial charge on any atom is 0.294 e. The first-order chi connectivity index (χ1) is 6.50. The summed E-state index contributed by atoms with van der Waals surface area (Å²) in [6.07, 6.45) is 1.38. The number of benzene rings is 1. The van der Waals surface area contributed by atoms with Crippen molar-refractivity contribution in [2.75, 3.05) is 0 Å². The van der Waals surface area contributed by atoms with E-state index in [0.717, 1.165) is 17.5 Å². The van der Waals surface area contributed by atoms with E-state index >= 15 is 0 Å². The molecule has 1 aromatic carbocycles. The molecule has 0 aliphatic heterocycles. The van der Waals surface area contributed by atoms with Crippen LogP contribution < -0.4 is 0 Å². The zero-order chi connectivity index (χ0) is 10.8. The maximum atomic E-state index is 11.0. The molecule has 0 fully saturated rings. The third kappa shape index (κ3) is 3.19. The highest BCUT2D eigenvalue weighted by atomic mass is 35.5. The van der Waals surface area contributed by atoms with Crippen molar-refractivity contribution >= 4 is 22.5 Å². The Morgan fingerprint density at radius 1 is 1.20 bits per heavy atom. The van der Waals surface area contributed by atoms with Crippen molar-refractivity contribution in [1.29, 1.82) is 0 Å². The van der Waals surface area contributed by atoms with Gasteiger partial charge in [0.25, 0.3) is 10.1 Å². The molecule has 5 heteroatoms. The SMILES string of the molecule is CCc1cccc(S(=O)(=O)O)c1CC.Cl. The Hall–Kier alpha value is -0.580. The van der Waals surface area contributed by atoms with Gasteiger partial charge in [0.1, 0.15) is 0 Å². The number of aryl methyl sites for hydroxylation is 1. The molecular weight excluding hydrogens is 236 g/mol. The van der Waals surface area contributed by atoms with Crippen LogP contribution in [0.5, 0.6) is 0 Å². The second-order valence-corrected chi connectivity index (χ2v) is 4.47. The molecule has 0 aromatic heterocycles. The molecule has 1 N–H and O–H groups in total. The van der Waals surface area contributed by atoms with Crippen molar-refractivity contribution in [3.8, 4) is 0 Å². The fourth-order valence-electron chi connectivity index (χ4n) is 1.59. The standard InChI is InChI=1S/C10H14O3S.ClH/c1-3-8-6-5-7-10(9(8)4-2)14(11,12)13;/h5-7H,3-4H2,1-2H3,(H,11,12,13);1H. The Bertz CT molecular complexity index is 426. The summed E-state index contributed by atoms with van der Waals surface area (Å²) in [6.45, 7) is 3.84. The van der Waals surface area contributed by atoms with Crippen LogP contribution >= 0.6 is 12.4 Å². The lowest BCUT2D eigenvalue weighted by Gasteiger charge is -2.09.